The first kappa shape index (κ1) is 29.9. The number of methoxy groups -OCH3 is 1. The maximum atomic E-state index is 13.8. The number of amides is 1. The fourth-order valence-electron chi connectivity index (χ4n) is 7.53. The maximum absolute atomic E-state index is 13.8. The van der Waals surface area contributed by atoms with Crippen LogP contribution in [0.4, 0.5) is 0 Å². The third-order valence-electron chi connectivity index (χ3n) is 9.77. The van der Waals surface area contributed by atoms with Crippen LogP contribution in [-0.2, 0) is 19.5 Å². The molecule has 0 spiro atoms. The number of piperidine rings is 1. The number of nitrogens with two attached hydrogens (primary N) is 1. The number of rotatable bonds is 2. The summed E-state index contributed by atoms with van der Waals surface area (Å²) in [5.41, 5.74) is 15.1. The number of likely N-dealkylation sites (tertiary alicyclic amines) is 1. The number of aromatic nitrogens is 4. The van der Waals surface area contributed by atoms with Crippen LogP contribution >= 0.6 is 0 Å². The number of ether oxygens (including phenoxy) is 1. The molecule has 1 fully saturated rings. The van der Waals surface area contributed by atoms with Crippen LogP contribution in [0.15, 0.2) is 79.0 Å². The molecule has 2 N–H and O–H groups in total. The van der Waals surface area contributed by atoms with E-state index in [1.165, 1.54) is 5.56 Å². The van der Waals surface area contributed by atoms with Crippen LogP contribution in [0.3, 0.4) is 0 Å². The lowest BCUT2D eigenvalue weighted by atomic mass is 9.93. The van der Waals surface area contributed by atoms with E-state index in [1.807, 2.05) is 41.4 Å². The van der Waals surface area contributed by atoms with Gasteiger partial charge in [0.1, 0.15) is 16.9 Å². The number of imidazole rings is 1. The fourth-order valence-corrected chi connectivity index (χ4v) is 7.53. The number of nitriles is 1. The van der Waals surface area contributed by atoms with Gasteiger partial charge in [-0.05, 0) is 103 Å². The largest absolute Gasteiger partial charge is 0.494 e. The van der Waals surface area contributed by atoms with Gasteiger partial charge in [0.25, 0.3) is 5.91 Å². The summed E-state index contributed by atoms with van der Waals surface area (Å²) in [5.74, 6) is 1.26. The Hall–Kier alpha value is -5.46. The molecule has 2 aliphatic heterocycles. The highest BCUT2D eigenvalue weighted by Crippen LogP contribution is 2.37. The summed E-state index contributed by atoms with van der Waals surface area (Å²) in [6.07, 6.45) is 6.51. The van der Waals surface area contributed by atoms with Gasteiger partial charge in [0.15, 0.2) is 5.82 Å². The minimum absolute atomic E-state index is 0.0215. The number of benzene rings is 3. The van der Waals surface area contributed by atoms with Crippen molar-refractivity contribution in [2.45, 2.75) is 51.2 Å². The molecule has 0 aliphatic carbocycles. The molecule has 6 aromatic rings. The number of hydrogen-bond acceptors (Lipinski definition) is 6. The summed E-state index contributed by atoms with van der Waals surface area (Å²) in [6, 6.07) is 26.9. The average molecular weight is 636 g/mol. The van der Waals surface area contributed by atoms with E-state index in [1.54, 1.807) is 7.11 Å². The lowest BCUT2D eigenvalue weighted by molar-refractivity contribution is 0.0708. The van der Waals surface area contributed by atoms with E-state index in [0.717, 1.165) is 83.4 Å². The zero-order valence-corrected chi connectivity index (χ0v) is 27.0. The smallest absolute Gasteiger partial charge is 0.254 e. The summed E-state index contributed by atoms with van der Waals surface area (Å²) in [5, 5.41) is 11.1. The predicted octanol–water partition coefficient (Wildman–Crippen LogP) is 6.55. The molecule has 9 nitrogen and oxygen atoms in total. The van der Waals surface area contributed by atoms with Crippen molar-refractivity contribution >= 4 is 28.0 Å². The van der Waals surface area contributed by atoms with Gasteiger partial charge in [-0.15, -0.1) is 0 Å². The molecule has 3 aromatic heterocycles. The highest BCUT2D eigenvalue weighted by Gasteiger charge is 2.27. The van der Waals surface area contributed by atoms with Gasteiger partial charge in [-0.2, -0.15) is 5.26 Å². The Bertz CT molecular complexity index is 2240. The van der Waals surface area contributed by atoms with E-state index in [4.69, 9.17) is 20.4 Å². The summed E-state index contributed by atoms with van der Waals surface area (Å²) in [7, 11) is 1.63. The van der Waals surface area contributed by atoms with Crippen LogP contribution in [0.5, 0.6) is 5.75 Å². The Morgan fingerprint density at radius 3 is 2.75 bits per heavy atom. The Kier molecular flexibility index (Phi) is 7.66. The van der Waals surface area contributed by atoms with Crippen molar-refractivity contribution in [3.05, 3.63) is 101 Å². The van der Waals surface area contributed by atoms with Crippen molar-refractivity contribution in [1.29, 1.82) is 5.26 Å². The van der Waals surface area contributed by atoms with Gasteiger partial charge in [0.05, 0.1) is 30.0 Å². The molecule has 1 atom stereocenters. The molecule has 0 radical (unpaired) electrons. The molecule has 3 aromatic carbocycles. The lowest BCUT2D eigenvalue weighted by Gasteiger charge is -2.30. The van der Waals surface area contributed by atoms with Crippen molar-refractivity contribution in [2.75, 3.05) is 20.2 Å². The van der Waals surface area contributed by atoms with Crippen molar-refractivity contribution < 1.29 is 9.53 Å². The molecule has 48 heavy (non-hydrogen) atoms. The second-order valence-corrected chi connectivity index (χ2v) is 13.0. The monoisotopic (exact) mass is 635 g/mol. The number of hydrogen-bond donors (Lipinski definition) is 1. The summed E-state index contributed by atoms with van der Waals surface area (Å²) in [4.78, 5) is 25.7. The maximum Gasteiger partial charge on any atom is 0.254 e. The predicted molar refractivity (Wildman–Crippen MR) is 187 cm³/mol. The first-order valence-electron chi connectivity index (χ1n) is 16.7. The van der Waals surface area contributed by atoms with Crippen molar-refractivity contribution in [1.82, 2.24) is 24.0 Å². The Morgan fingerprint density at radius 2 is 1.90 bits per heavy atom. The third-order valence-corrected chi connectivity index (χ3v) is 9.77. The topological polar surface area (TPSA) is 115 Å². The summed E-state index contributed by atoms with van der Waals surface area (Å²) >= 11 is 0. The Balaban J connectivity index is 1.37. The van der Waals surface area contributed by atoms with Crippen LogP contribution in [0, 0.1) is 11.3 Å². The molecular weight excluding hydrogens is 598 g/mol. The first-order chi connectivity index (χ1) is 23.5. The highest BCUT2D eigenvalue weighted by atomic mass is 16.5. The molecule has 1 amide bonds. The second kappa shape index (κ2) is 12.3. The van der Waals surface area contributed by atoms with Gasteiger partial charge in [-0.1, -0.05) is 24.3 Å². The number of aryl methyl sites for hydroxylation is 2. The minimum Gasteiger partial charge on any atom is -0.494 e. The average Bonchev–Trinajstić information content (AvgIpc) is 3.66. The molecule has 0 saturated carbocycles. The van der Waals surface area contributed by atoms with E-state index >= 15 is 0 Å². The standard InChI is InChI=1S/C39H37N7O2/c1-48-35-21-30(39(47)44-14-7-11-31(41)24-44)19-33-36(35)46-23-26-16-25(22-40)17-29(18-26)32-12-3-2-8-27(32)9-4-5-15-45-34(38(46)43-33)20-28-10-6-13-42-37(28)45/h2-3,6,8,10,12-13,16-21,31H,4-5,7,9,11,14-15,23-24,41H2,1H3/t31-/m1/s1. The second-order valence-electron chi connectivity index (χ2n) is 13.0. The molecule has 240 valence electrons. The van der Waals surface area contributed by atoms with Crippen LogP contribution in [0.1, 0.15) is 52.7 Å². The molecule has 9 heteroatoms. The fraction of sp³-hybridized carbons (Fsp3) is 0.282. The normalized spacial score (nSPS) is 16.4. The molecule has 0 unspecified atom stereocenters. The van der Waals surface area contributed by atoms with E-state index in [9.17, 15) is 10.1 Å². The minimum atomic E-state index is -0.0665. The SMILES string of the molecule is COc1cc(C(=O)N2CCC[C@@H](N)C2)cc2nc3n(c12)Cc1cc(C#N)cc(c1)-c1ccccc1CCCCn1c-3cc2cccnc21. The zero-order chi connectivity index (χ0) is 32.8. The van der Waals surface area contributed by atoms with E-state index < -0.39 is 0 Å². The van der Waals surface area contributed by atoms with Crippen LogP contribution in [0.25, 0.3) is 44.7 Å². The Morgan fingerprint density at radius 1 is 1.00 bits per heavy atom. The Labute approximate surface area is 279 Å². The van der Waals surface area contributed by atoms with Crippen LogP contribution < -0.4 is 10.5 Å². The van der Waals surface area contributed by atoms with Crippen LogP contribution in [-0.4, -0.2) is 56.2 Å². The molecule has 8 rings (SSSR count). The van der Waals surface area contributed by atoms with E-state index in [2.05, 4.69) is 57.7 Å². The van der Waals surface area contributed by atoms with E-state index in [0.29, 0.717) is 42.0 Å². The van der Waals surface area contributed by atoms with Crippen LogP contribution in [0.2, 0.25) is 0 Å². The van der Waals surface area contributed by atoms with E-state index in [-0.39, 0.29) is 11.9 Å². The van der Waals surface area contributed by atoms with Gasteiger partial charge in [-0.3, -0.25) is 4.79 Å². The van der Waals surface area contributed by atoms with Crippen molar-refractivity contribution in [3.63, 3.8) is 0 Å². The third kappa shape index (κ3) is 5.28. The molecule has 2 bridgehead atoms. The number of carbonyl (C=O) groups excluding carboxylic acids is 1. The van der Waals surface area contributed by atoms with Gasteiger partial charge >= 0.3 is 0 Å². The van der Waals surface area contributed by atoms with Crippen molar-refractivity contribution in [3.8, 4) is 34.5 Å². The number of carbonyl (C=O) groups is 1. The number of fused-ring (bicyclic) bond motifs is 11. The van der Waals surface area contributed by atoms with Gasteiger partial charge in [0, 0.05) is 49.4 Å². The number of nitrogens with zero attached hydrogens (tertiary/aromatic N) is 6. The summed E-state index contributed by atoms with van der Waals surface area (Å²) in [6.45, 7) is 2.43. The zero-order valence-electron chi connectivity index (χ0n) is 27.0. The molecule has 5 heterocycles. The van der Waals surface area contributed by atoms with Gasteiger partial charge in [-0.25, -0.2) is 9.97 Å². The van der Waals surface area contributed by atoms with Gasteiger partial charge < -0.3 is 24.5 Å². The molecular formula is C39H37N7O2. The molecule has 1 saturated heterocycles. The summed E-state index contributed by atoms with van der Waals surface area (Å²) < 4.78 is 10.5. The van der Waals surface area contributed by atoms with Gasteiger partial charge in [0.2, 0.25) is 0 Å². The van der Waals surface area contributed by atoms with Crippen molar-refractivity contribution in [2.24, 2.45) is 5.73 Å². The molecule has 2 aliphatic rings. The highest BCUT2D eigenvalue weighted by molar-refractivity contribution is 6.00. The first-order valence-corrected chi connectivity index (χ1v) is 16.7. The number of pyridine rings is 1. The quantitative estimate of drug-likeness (QED) is 0.231. The lowest BCUT2D eigenvalue weighted by Crippen LogP contribution is -2.45.